The van der Waals surface area contributed by atoms with E-state index < -0.39 is 0 Å². The van der Waals surface area contributed by atoms with Crippen LogP contribution in [0.2, 0.25) is 0 Å². The normalized spacial score (nSPS) is 20.2. The summed E-state index contributed by atoms with van der Waals surface area (Å²) in [6.45, 7) is 0. The van der Waals surface area contributed by atoms with Crippen LogP contribution >= 0.6 is 15.9 Å². The smallest absolute Gasteiger partial charge is 0.139 e. The first kappa shape index (κ1) is 10.6. The van der Waals surface area contributed by atoms with Crippen molar-refractivity contribution >= 4 is 21.6 Å². The lowest BCUT2D eigenvalue weighted by molar-refractivity contribution is 0.566. The number of hydrogen-bond donors (Lipinski definition) is 1. The van der Waals surface area contributed by atoms with Crippen molar-refractivity contribution in [3.8, 4) is 0 Å². The number of rotatable bonds is 4. The highest BCUT2D eigenvalue weighted by molar-refractivity contribution is 9.10. The predicted molar refractivity (Wildman–Crippen MR) is 67.0 cm³/mol. The van der Waals surface area contributed by atoms with Gasteiger partial charge in [-0.3, -0.25) is 0 Å². The second-order valence-corrected chi connectivity index (χ2v) is 5.83. The molecule has 0 spiro atoms. The molecule has 0 heterocycles. The Morgan fingerprint density at radius 2 is 1.81 bits per heavy atom. The van der Waals surface area contributed by atoms with E-state index in [2.05, 4.69) is 21.2 Å². The van der Waals surface area contributed by atoms with Crippen LogP contribution in [-0.2, 0) is 0 Å². The van der Waals surface area contributed by atoms with Crippen molar-refractivity contribution in [3.05, 3.63) is 28.5 Å². The average molecular weight is 284 g/mol. The molecule has 0 unspecified atom stereocenters. The van der Waals surface area contributed by atoms with Crippen LogP contribution in [0.25, 0.3) is 0 Å². The summed E-state index contributed by atoms with van der Waals surface area (Å²) in [6.07, 6.45) is 5.36. The number of anilines is 1. The molecule has 2 fully saturated rings. The summed E-state index contributed by atoms with van der Waals surface area (Å²) in [6, 6.07) is 5.89. The minimum absolute atomic E-state index is 0.185. The van der Waals surface area contributed by atoms with Crippen molar-refractivity contribution in [2.75, 3.05) is 5.32 Å². The molecule has 0 radical (unpaired) electrons. The Morgan fingerprint density at radius 1 is 1.19 bits per heavy atom. The van der Waals surface area contributed by atoms with Gasteiger partial charge in [0, 0.05) is 11.7 Å². The molecular formula is C13H15BrFN. The Hall–Kier alpha value is -0.570. The molecule has 16 heavy (non-hydrogen) atoms. The zero-order chi connectivity index (χ0) is 11.1. The molecular weight excluding hydrogens is 269 g/mol. The van der Waals surface area contributed by atoms with Gasteiger partial charge in [-0.2, -0.15) is 0 Å². The second kappa shape index (κ2) is 4.02. The minimum Gasteiger partial charge on any atom is -0.382 e. The Bertz CT molecular complexity index is 387. The first-order valence-corrected chi connectivity index (χ1v) is 6.75. The molecule has 2 saturated carbocycles. The Morgan fingerprint density at radius 3 is 2.31 bits per heavy atom. The maximum Gasteiger partial charge on any atom is 0.139 e. The van der Waals surface area contributed by atoms with Gasteiger partial charge in [0.1, 0.15) is 5.82 Å². The van der Waals surface area contributed by atoms with E-state index in [1.807, 2.05) is 6.07 Å². The Kier molecular flexibility index (Phi) is 2.66. The van der Waals surface area contributed by atoms with E-state index >= 15 is 0 Å². The highest BCUT2D eigenvalue weighted by Crippen LogP contribution is 2.45. The molecule has 2 aliphatic rings. The Labute approximate surface area is 104 Å². The third-order valence-corrected chi connectivity index (χ3v) is 4.16. The van der Waals surface area contributed by atoms with Crippen molar-refractivity contribution < 1.29 is 4.39 Å². The van der Waals surface area contributed by atoms with Crippen molar-refractivity contribution in [2.24, 2.45) is 11.8 Å². The van der Waals surface area contributed by atoms with E-state index in [4.69, 9.17) is 0 Å². The van der Waals surface area contributed by atoms with Crippen LogP contribution in [0.4, 0.5) is 10.1 Å². The van der Waals surface area contributed by atoms with E-state index in [0.29, 0.717) is 10.5 Å². The highest BCUT2D eigenvalue weighted by atomic mass is 79.9. The van der Waals surface area contributed by atoms with Gasteiger partial charge in [-0.1, -0.05) is 0 Å². The molecule has 0 saturated heterocycles. The van der Waals surface area contributed by atoms with E-state index in [-0.39, 0.29) is 5.82 Å². The number of benzene rings is 1. The number of nitrogens with one attached hydrogen (secondary N) is 1. The summed E-state index contributed by atoms with van der Waals surface area (Å²) >= 11 is 3.18. The maximum atomic E-state index is 13.4. The largest absolute Gasteiger partial charge is 0.382 e. The van der Waals surface area contributed by atoms with Crippen LogP contribution in [0.15, 0.2) is 22.7 Å². The van der Waals surface area contributed by atoms with Crippen LogP contribution in [0, 0.1) is 17.7 Å². The molecule has 0 bridgehead atoms. The lowest BCUT2D eigenvalue weighted by atomic mass is 10.1. The van der Waals surface area contributed by atoms with Crippen LogP contribution in [0.1, 0.15) is 25.7 Å². The SMILES string of the molecule is Fc1cc(NC(C2CC2)C2CC2)ccc1Br. The van der Waals surface area contributed by atoms with Gasteiger partial charge in [-0.25, -0.2) is 4.39 Å². The van der Waals surface area contributed by atoms with Crippen molar-refractivity contribution in [1.82, 2.24) is 0 Å². The van der Waals surface area contributed by atoms with Crippen molar-refractivity contribution in [3.63, 3.8) is 0 Å². The van der Waals surface area contributed by atoms with Gasteiger partial charge in [0.05, 0.1) is 4.47 Å². The van der Waals surface area contributed by atoms with Gasteiger partial charge in [0.25, 0.3) is 0 Å². The quantitative estimate of drug-likeness (QED) is 0.874. The fraction of sp³-hybridized carbons (Fsp3) is 0.538. The molecule has 0 amide bonds. The van der Waals surface area contributed by atoms with Gasteiger partial charge in [0.15, 0.2) is 0 Å². The van der Waals surface area contributed by atoms with Gasteiger partial charge in [-0.05, 0) is 71.6 Å². The van der Waals surface area contributed by atoms with E-state index in [9.17, 15) is 4.39 Å². The summed E-state index contributed by atoms with van der Waals surface area (Å²) in [4.78, 5) is 0. The highest BCUT2D eigenvalue weighted by Gasteiger charge is 2.41. The van der Waals surface area contributed by atoms with Crippen LogP contribution < -0.4 is 5.32 Å². The molecule has 3 heteroatoms. The maximum absolute atomic E-state index is 13.4. The lowest BCUT2D eigenvalue weighted by Gasteiger charge is -2.19. The fourth-order valence-electron chi connectivity index (χ4n) is 2.31. The number of halogens is 2. The van der Waals surface area contributed by atoms with Crippen LogP contribution in [0.3, 0.4) is 0 Å². The molecule has 0 aliphatic heterocycles. The molecule has 0 aromatic heterocycles. The van der Waals surface area contributed by atoms with Gasteiger partial charge in [0.2, 0.25) is 0 Å². The topological polar surface area (TPSA) is 12.0 Å². The van der Waals surface area contributed by atoms with Crippen molar-refractivity contribution in [1.29, 1.82) is 0 Å². The second-order valence-electron chi connectivity index (χ2n) is 4.97. The monoisotopic (exact) mass is 283 g/mol. The zero-order valence-electron chi connectivity index (χ0n) is 9.05. The first-order valence-electron chi connectivity index (χ1n) is 5.95. The summed E-state index contributed by atoms with van der Waals surface area (Å²) in [5.41, 5.74) is 0.921. The van der Waals surface area contributed by atoms with E-state index in [0.717, 1.165) is 17.5 Å². The van der Waals surface area contributed by atoms with E-state index in [1.165, 1.54) is 25.7 Å². The first-order chi connectivity index (χ1) is 7.74. The predicted octanol–water partition coefficient (Wildman–Crippen LogP) is 4.19. The van der Waals surface area contributed by atoms with Gasteiger partial charge < -0.3 is 5.32 Å². The Balaban J connectivity index is 1.73. The molecule has 1 nitrogen and oxygen atoms in total. The lowest BCUT2D eigenvalue weighted by Crippen LogP contribution is -2.24. The molecule has 1 aromatic rings. The summed E-state index contributed by atoms with van der Waals surface area (Å²) in [5, 5.41) is 3.51. The van der Waals surface area contributed by atoms with Crippen LogP contribution in [0.5, 0.6) is 0 Å². The van der Waals surface area contributed by atoms with Gasteiger partial charge >= 0.3 is 0 Å². The standard InChI is InChI=1S/C13H15BrFN/c14-11-6-5-10(7-12(11)15)16-13(8-1-2-8)9-3-4-9/h5-9,13,16H,1-4H2. The zero-order valence-corrected chi connectivity index (χ0v) is 10.6. The summed E-state index contributed by atoms with van der Waals surface area (Å²) in [5.74, 6) is 1.48. The van der Waals surface area contributed by atoms with Crippen molar-refractivity contribution in [2.45, 2.75) is 31.7 Å². The minimum atomic E-state index is -0.185. The third-order valence-electron chi connectivity index (χ3n) is 3.51. The molecule has 0 atom stereocenters. The van der Waals surface area contributed by atoms with E-state index in [1.54, 1.807) is 12.1 Å². The summed E-state index contributed by atoms with van der Waals surface area (Å²) in [7, 11) is 0. The molecule has 86 valence electrons. The third kappa shape index (κ3) is 2.24. The van der Waals surface area contributed by atoms with Crippen LogP contribution in [-0.4, -0.2) is 6.04 Å². The fourth-order valence-corrected chi connectivity index (χ4v) is 2.56. The number of hydrogen-bond acceptors (Lipinski definition) is 1. The molecule has 1 N–H and O–H groups in total. The summed E-state index contributed by atoms with van der Waals surface area (Å²) < 4.78 is 13.9. The molecule has 1 aromatic carbocycles. The average Bonchev–Trinajstić information content (AvgIpc) is 3.14. The molecule has 3 rings (SSSR count). The van der Waals surface area contributed by atoms with Gasteiger partial charge in [-0.15, -0.1) is 0 Å². The molecule has 2 aliphatic carbocycles.